The molecule has 0 saturated heterocycles. The van der Waals surface area contributed by atoms with Gasteiger partial charge in [0, 0.05) is 24.8 Å². The predicted octanol–water partition coefficient (Wildman–Crippen LogP) is 3.81. The lowest BCUT2D eigenvalue weighted by atomic mass is 10.0. The van der Waals surface area contributed by atoms with Gasteiger partial charge in [-0.2, -0.15) is 0 Å². The van der Waals surface area contributed by atoms with Crippen LogP contribution in [0.1, 0.15) is 36.0 Å². The second kappa shape index (κ2) is 8.43. The average Bonchev–Trinajstić information content (AvgIpc) is 2.52. The third kappa shape index (κ3) is 5.03. The Bertz CT molecular complexity index is 598. The molecular formula is C16H17N2O3+. The number of diazo groups is 1. The van der Waals surface area contributed by atoms with Crippen LogP contribution in [-0.4, -0.2) is 16.7 Å². The number of benzene rings is 1. The monoisotopic (exact) mass is 285 g/mol. The van der Waals surface area contributed by atoms with Crippen LogP contribution in [0.4, 0.5) is 0 Å². The largest absolute Gasteiger partial charge is 0.505 e. The van der Waals surface area contributed by atoms with Gasteiger partial charge in [-0.15, -0.1) is 6.58 Å². The Morgan fingerprint density at radius 3 is 2.43 bits per heavy atom. The standard InChI is InChI=1S/C16H16N2O3/c1-2-3-9-14(20)16(18-17)15(21)11-10-13(19)12-7-5-4-6-8-12/h2,4-8H,1,3,9-11H2/p+1. The van der Waals surface area contributed by atoms with Gasteiger partial charge in [-0.1, -0.05) is 36.4 Å². The van der Waals surface area contributed by atoms with Crippen molar-refractivity contribution in [2.45, 2.75) is 25.7 Å². The predicted molar refractivity (Wildman–Crippen MR) is 79.2 cm³/mol. The van der Waals surface area contributed by atoms with Crippen molar-refractivity contribution < 1.29 is 14.7 Å². The average molecular weight is 285 g/mol. The number of rotatable bonds is 8. The zero-order valence-electron chi connectivity index (χ0n) is 11.7. The molecule has 1 N–H and O–H groups in total. The number of Topliss-reactive ketones (excluding diaryl/α,β-unsaturated/α-hetero) is 2. The highest BCUT2D eigenvalue weighted by Gasteiger charge is 2.27. The molecular weight excluding hydrogens is 268 g/mol. The van der Waals surface area contributed by atoms with Gasteiger partial charge in [0.05, 0.1) is 0 Å². The number of aliphatic hydroxyl groups excluding tert-OH is 1. The molecule has 0 unspecified atom stereocenters. The molecule has 1 aromatic carbocycles. The molecule has 0 fully saturated rings. The normalized spacial score (nSPS) is 11.2. The van der Waals surface area contributed by atoms with E-state index in [-0.39, 0.29) is 30.8 Å². The summed E-state index contributed by atoms with van der Waals surface area (Å²) in [6.07, 6.45) is 2.06. The first-order valence-electron chi connectivity index (χ1n) is 6.59. The first kappa shape index (κ1) is 16.3. The molecule has 0 spiro atoms. The number of nitrogens with zero attached hydrogens (tertiary/aromatic N) is 2. The van der Waals surface area contributed by atoms with Crippen LogP contribution in [0, 0.1) is 5.39 Å². The number of allylic oxidation sites excluding steroid dienone is 3. The summed E-state index contributed by atoms with van der Waals surface area (Å²) >= 11 is 0. The lowest BCUT2D eigenvalue weighted by Crippen LogP contribution is -2.05. The quantitative estimate of drug-likeness (QED) is 0.259. The van der Waals surface area contributed by atoms with E-state index in [1.54, 1.807) is 36.4 Å². The zero-order chi connectivity index (χ0) is 15.7. The van der Waals surface area contributed by atoms with Crippen LogP contribution in [0.3, 0.4) is 0 Å². The zero-order valence-corrected chi connectivity index (χ0v) is 11.7. The first-order chi connectivity index (χ1) is 10.1. The van der Waals surface area contributed by atoms with E-state index >= 15 is 0 Å². The van der Waals surface area contributed by atoms with E-state index in [1.165, 1.54) is 0 Å². The van der Waals surface area contributed by atoms with E-state index in [0.717, 1.165) is 0 Å². The summed E-state index contributed by atoms with van der Waals surface area (Å²) in [6.45, 7) is 3.49. The number of aliphatic hydroxyl groups is 1. The second-order valence-corrected chi connectivity index (χ2v) is 4.44. The lowest BCUT2D eigenvalue weighted by molar-refractivity contribution is -0.115. The molecule has 21 heavy (non-hydrogen) atoms. The Balaban J connectivity index is 2.69. The third-order valence-corrected chi connectivity index (χ3v) is 2.90. The van der Waals surface area contributed by atoms with E-state index in [0.29, 0.717) is 12.0 Å². The molecule has 0 aliphatic carbocycles. The van der Waals surface area contributed by atoms with Crippen LogP contribution in [0.5, 0.6) is 0 Å². The number of carbonyl (C=O) groups is 2. The summed E-state index contributed by atoms with van der Waals surface area (Å²) in [5.74, 6) is -1.02. The summed E-state index contributed by atoms with van der Waals surface area (Å²) in [5, 5.41) is 18.6. The third-order valence-electron chi connectivity index (χ3n) is 2.90. The molecule has 0 atom stereocenters. The van der Waals surface area contributed by atoms with Gasteiger partial charge >= 0.3 is 5.70 Å². The first-order valence-corrected chi connectivity index (χ1v) is 6.59. The molecule has 5 nitrogen and oxygen atoms in total. The number of hydrogen-bond acceptors (Lipinski definition) is 4. The molecule has 0 heterocycles. The Morgan fingerprint density at radius 1 is 1.19 bits per heavy atom. The second-order valence-electron chi connectivity index (χ2n) is 4.44. The van der Waals surface area contributed by atoms with Gasteiger partial charge in [0.2, 0.25) is 5.39 Å². The van der Waals surface area contributed by atoms with E-state index in [9.17, 15) is 14.7 Å². The fourth-order valence-electron chi connectivity index (χ4n) is 1.74. The Morgan fingerprint density at radius 2 is 1.86 bits per heavy atom. The topological polar surface area (TPSA) is 82.5 Å². The van der Waals surface area contributed by atoms with Crippen LogP contribution in [-0.2, 0) is 4.79 Å². The van der Waals surface area contributed by atoms with Crippen molar-refractivity contribution in [3.05, 3.63) is 65.0 Å². The van der Waals surface area contributed by atoms with E-state index < -0.39 is 11.5 Å². The summed E-state index contributed by atoms with van der Waals surface area (Å²) in [7, 11) is 0. The molecule has 0 radical (unpaired) electrons. The summed E-state index contributed by atoms with van der Waals surface area (Å²) in [5.41, 5.74) is 0.142. The van der Waals surface area contributed by atoms with Crippen LogP contribution >= 0.6 is 0 Å². The van der Waals surface area contributed by atoms with Gasteiger partial charge < -0.3 is 5.11 Å². The van der Waals surface area contributed by atoms with Crippen LogP contribution in [0.2, 0.25) is 0 Å². The van der Waals surface area contributed by atoms with Crippen LogP contribution in [0.25, 0.3) is 4.98 Å². The Kier molecular flexibility index (Phi) is 6.55. The number of ketones is 2. The maximum absolute atomic E-state index is 11.9. The number of hydrogen-bond donors (Lipinski definition) is 1. The van der Waals surface area contributed by atoms with Gasteiger partial charge in [0.1, 0.15) is 0 Å². The van der Waals surface area contributed by atoms with Gasteiger partial charge in [-0.3, -0.25) is 9.59 Å². The molecule has 0 aromatic heterocycles. The summed E-state index contributed by atoms with van der Waals surface area (Å²) in [6, 6.07) is 8.65. The van der Waals surface area contributed by atoms with Crippen molar-refractivity contribution in [3.63, 3.8) is 0 Å². The molecule has 108 valence electrons. The van der Waals surface area contributed by atoms with Gasteiger partial charge in [-0.05, 0) is 6.42 Å². The minimum Gasteiger partial charge on any atom is -0.505 e. The van der Waals surface area contributed by atoms with Gasteiger partial charge in [0.25, 0.3) is 5.78 Å². The molecule has 0 saturated carbocycles. The summed E-state index contributed by atoms with van der Waals surface area (Å²) in [4.78, 5) is 26.4. The van der Waals surface area contributed by atoms with Crippen molar-refractivity contribution in [2.75, 3.05) is 0 Å². The maximum atomic E-state index is 11.9. The lowest BCUT2D eigenvalue weighted by Gasteiger charge is -1.99. The van der Waals surface area contributed by atoms with E-state index in [4.69, 9.17) is 5.39 Å². The Hall–Kier alpha value is -2.74. The minimum absolute atomic E-state index is 0.0314. The van der Waals surface area contributed by atoms with E-state index in [2.05, 4.69) is 11.6 Å². The molecule has 0 aliphatic heterocycles. The van der Waals surface area contributed by atoms with Crippen molar-refractivity contribution in [1.29, 1.82) is 5.39 Å². The molecule has 1 rings (SSSR count). The highest BCUT2D eigenvalue weighted by Crippen LogP contribution is 2.15. The highest BCUT2D eigenvalue weighted by atomic mass is 16.3. The van der Waals surface area contributed by atoms with Crippen molar-refractivity contribution >= 4 is 11.6 Å². The van der Waals surface area contributed by atoms with Crippen LogP contribution < -0.4 is 0 Å². The van der Waals surface area contributed by atoms with Crippen molar-refractivity contribution in [1.82, 2.24) is 0 Å². The SMILES string of the molecule is C=CCCC(=O)C([N+]#N)=C(O)CCC(=O)c1ccccc1. The van der Waals surface area contributed by atoms with Gasteiger partial charge in [-0.25, -0.2) is 0 Å². The molecule has 0 bridgehead atoms. The van der Waals surface area contributed by atoms with Crippen LogP contribution in [0.15, 0.2) is 54.4 Å². The summed E-state index contributed by atoms with van der Waals surface area (Å²) < 4.78 is 0. The molecule has 5 heteroatoms. The maximum Gasteiger partial charge on any atom is 0.463 e. The molecule has 0 amide bonds. The minimum atomic E-state index is -0.484. The molecule has 0 aliphatic rings. The number of carbonyl (C=O) groups excluding carboxylic acids is 2. The Labute approximate surface area is 123 Å². The van der Waals surface area contributed by atoms with E-state index in [1.807, 2.05) is 0 Å². The van der Waals surface area contributed by atoms with Crippen molar-refractivity contribution in [2.24, 2.45) is 0 Å². The fraction of sp³-hybridized carbons (Fsp3) is 0.250. The molecule has 1 aromatic rings. The smallest absolute Gasteiger partial charge is 0.463 e. The fourth-order valence-corrected chi connectivity index (χ4v) is 1.74. The highest BCUT2D eigenvalue weighted by molar-refractivity contribution is 5.98. The van der Waals surface area contributed by atoms with Crippen molar-refractivity contribution in [3.8, 4) is 0 Å². The van der Waals surface area contributed by atoms with Gasteiger partial charge in [0.15, 0.2) is 16.5 Å².